The fourth-order valence-corrected chi connectivity index (χ4v) is 2.28. The molecule has 106 valence electrons. The van der Waals surface area contributed by atoms with E-state index in [9.17, 15) is 13.2 Å². The first-order valence-corrected chi connectivity index (χ1v) is 6.92. The molecule has 10 heteroatoms. The summed E-state index contributed by atoms with van der Waals surface area (Å²) >= 11 is 0. The Hall–Kier alpha value is -2.33. The zero-order valence-electron chi connectivity index (χ0n) is 10.7. The quantitative estimate of drug-likeness (QED) is 0.799. The maximum Gasteiger partial charge on any atom is 0.270 e. The minimum atomic E-state index is -3.51. The third-order valence-electron chi connectivity index (χ3n) is 2.47. The van der Waals surface area contributed by atoms with Crippen LogP contribution in [0.3, 0.4) is 0 Å². The predicted octanol–water partition coefficient (Wildman–Crippen LogP) is -0.298. The minimum absolute atomic E-state index is 0.0417. The fourth-order valence-electron chi connectivity index (χ4n) is 1.38. The molecule has 9 nitrogen and oxygen atoms in total. The summed E-state index contributed by atoms with van der Waals surface area (Å²) in [5.74, 6) is -0.416. The molecule has 0 unspecified atom stereocenters. The van der Waals surface area contributed by atoms with Crippen molar-refractivity contribution in [2.75, 3.05) is 19.4 Å². The largest absolute Gasteiger partial charge is 0.288 e. The second-order valence-corrected chi connectivity index (χ2v) is 6.15. The van der Waals surface area contributed by atoms with E-state index in [0.717, 1.165) is 4.31 Å². The maximum absolute atomic E-state index is 11.9. The molecule has 0 fully saturated rings. The molecule has 1 aromatic heterocycles. The van der Waals surface area contributed by atoms with Crippen molar-refractivity contribution in [3.05, 3.63) is 29.8 Å². The number of sulfonamides is 1. The molecule has 0 spiro atoms. The Balaban J connectivity index is 2.18. The van der Waals surface area contributed by atoms with Crippen molar-refractivity contribution < 1.29 is 13.2 Å². The standard InChI is InChI=1S/C10H12N6O3S/c1-16(2)20(18,19)8-5-3-7(4-6-8)9(17)11-10-12-14-15-13-10/h3-6H,1-2H3,(H2,11,12,13,14,15,17). The lowest BCUT2D eigenvalue weighted by atomic mass is 10.2. The molecule has 0 bridgehead atoms. The molecule has 2 aromatic rings. The van der Waals surface area contributed by atoms with Crippen LogP contribution in [0.15, 0.2) is 29.2 Å². The monoisotopic (exact) mass is 296 g/mol. The van der Waals surface area contributed by atoms with Gasteiger partial charge in [-0.1, -0.05) is 5.10 Å². The number of rotatable bonds is 4. The molecule has 1 heterocycles. The number of benzene rings is 1. The van der Waals surface area contributed by atoms with E-state index in [2.05, 4.69) is 25.9 Å². The summed E-state index contributed by atoms with van der Waals surface area (Å²) in [6, 6.07) is 5.54. The Morgan fingerprint density at radius 1 is 1.25 bits per heavy atom. The van der Waals surface area contributed by atoms with Gasteiger partial charge in [0.15, 0.2) is 0 Å². The summed E-state index contributed by atoms with van der Waals surface area (Å²) < 4.78 is 24.8. The van der Waals surface area contributed by atoms with E-state index < -0.39 is 15.9 Å². The number of anilines is 1. The first kappa shape index (κ1) is 14.1. The number of amides is 1. The van der Waals surface area contributed by atoms with Crippen LogP contribution in [-0.4, -0.2) is 53.3 Å². The summed E-state index contributed by atoms with van der Waals surface area (Å²) in [6.07, 6.45) is 0. The smallest absolute Gasteiger partial charge is 0.270 e. The van der Waals surface area contributed by atoms with Crippen LogP contribution in [0, 0.1) is 0 Å². The second kappa shape index (κ2) is 5.35. The number of H-pyrrole nitrogens is 1. The molecule has 1 aromatic carbocycles. The highest BCUT2D eigenvalue weighted by atomic mass is 32.2. The lowest BCUT2D eigenvalue weighted by Crippen LogP contribution is -2.22. The van der Waals surface area contributed by atoms with Gasteiger partial charge in [-0.25, -0.2) is 12.7 Å². The molecular weight excluding hydrogens is 284 g/mol. The van der Waals surface area contributed by atoms with Crippen LogP contribution >= 0.6 is 0 Å². The Labute approximate surface area is 115 Å². The Kier molecular flexibility index (Phi) is 3.77. The van der Waals surface area contributed by atoms with Crippen LogP contribution in [-0.2, 0) is 10.0 Å². The highest BCUT2D eigenvalue weighted by molar-refractivity contribution is 7.89. The van der Waals surface area contributed by atoms with Gasteiger partial charge in [0, 0.05) is 19.7 Å². The zero-order chi connectivity index (χ0) is 14.8. The normalized spacial score (nSPS) is 11.6. The fraction of sp³-hybridized carbons (Fsp3) is 0.200. The topological polar surface area (TPSA) is 121 Å². The van der Waals surface area contributed by atoms with Gasteiger partial charge in [-0.3, -0.25) is 10.1 Å². The summed E-state index contributed by atoms with van der Waals surface area (Å²) in [4.78, 5) is 11.9. The third-order valence-corrected chi connectivity index (χ3v) is 4.30. The second-order valence-electron chi connectivity index (χ2n) is 4.00. The molecule has 0 radical (unpaired) electrons. The van der Waals surface area contributed by atoms with Crippen molar-refractivity contribution in [2.24, 2.45) is 0 Å². The number of tetrazole rings is 1. The number of aromatic nitrogens is 4. The predicted molar refractivity (Wildman–Crippen MR) is 69.4 cm³/mol. The number of nitrogens with zero attached hydrogens (tertiary/aromatic N) is 4. The van der Waals surface area contributed by atoms with Crippen molar-refractivity contribution in [1.82, 2.24) is 24.9 Å². The molecule has 0 aliphatic carbocycles. The molecule has 0 atom stereocenters. The summed E-state index contributed by atoms with van der Waals surface area (Å²) in [6.45, 7) is 0. The number of hydrogen-bond acceptors (Lipinski definition) is 6. The van der Waals surface area contributed by atoms with Crippen molar-refractivity contribution in [1.29, 1.82) is 0 Å². The van der Waals surface area contributed by atoms with Crippen LogP contribution in [0.1, 0.15) is 10.4 Å². The first-order chi connectivity index (χ1) is 9.41. The Morgan fingerprint density at radius 2 is 1.90 bits per heavy atom. The van der Waals surface area contributed by atoms with Gasteiger partial charge in [-0.05, 0) is 29.5 Å². The van der Waals surface area contributed by atoms with Gasteiger partial charge in [-0.15, -0.1) is 5.10 Å². The van der Waals surface area contributed by atoms with Crippen LogP contribution in [0.4, 0.5) is 5.95 Å². The highest BCUT2D eigenvalue weighted by Gasteiger charge is 2.17. The number of carbonyl (C=O) groups excluding carboxylic acids is 1. The highest BCUT2D eigenvalue weighted by Crippen LogP contribution is 2.14. The molecule has 0 saturated heterocycles. The number of carbonyl (C=O) groups is 1. The van der Waals surface area contributed by atoms with Crippen molar-refractivity contribution >= 4 is 21.9 Å². The van der Waals surface area contributed by atoms with Crippen molar-refractivity contribution in [3.63, 3.8) is 0 Å². The summed E-state index contributed by atoms with van der Waals surface area (Å²) in [7, 11) is -0.634. The van der Waals surface area contributed by atoms with Gasteiger partial charge in [0.1, 0.15) is 0 Å². The van der Waals surface area contributed by atoms with Crippen molar-refractivity contribution in [3.8, 4) is 0 Å². The molecule has 0 aliphatic rings. The zero-order valence-corrected chi connectivity index (χ0v) is 11.5. The summed E-state index contributed by atoms with van der Waals surface area (Å²) in [5, 5.41) is 15.1. The van der Waals surface area contributed by atoms with Gasteiger partial charge in [-0.2, -0.15) is 5.21 Å². The van der Waals surface area contributed by atoms with Crippen LogP contribution < -0.4 is 5.32 Å². The molecule has 20 heavy (non-hydrogen) atoms. The van der Waals surface area contributed by atoms with Crippen molar-refractivity contribution in [2.45, 2.75) is 4.90 Å². The van der Waals surface area contributed by atoms with Gasteiger partial charge < -0.3 is 0 Å². The number of hydrogen-bond donors (Lipinski definition) is 2. The lowest BCUT2D eigenvalue weighted by Gasteiger charge is -2.11. The average Bonchev–Trinajstić information content (AvgIpc) is 2.91. The summed E-state index contributed by atoms with van der Waals surface area (Å²) in [5.41, 5.74) is 0.285. The van der Waals surface area contributed by atoms with E-state index in [-0.39, 0.29) is 16.4 Å². The van der Waals surface area contributed by atoms with E-state index in [1.807, 2.05) is 0 Å². The van der Waals surface area contributed by atoms with Gasteiger partial charge >= 0.3 is 0 Å². The number of nitrogens with one attached hydrogen (secondary N) is 2. The van der Waals surface area contributed by atoms with E-state index >= 15 is 0 Å². The molecular formula is C10H12N6O3S. The van der Waals surface area contributed by atoms with Crippen LogP contribution in [0.25, 0.3) is 0 Å². The Morgan fingerprint density at radius 3 is 2.40 bits per heavy atom. The van der Waals surface area contributed by atoms with E-state index in [1.165, 1.54) is 38.4 Å². The lowest BCUT2D eigenvalue weighted by molar-refractivity contribution is 0.102. The van der Waals surface area contributed by atoms with Gasteiger partial charge in [0.05, 0.1) is 4.90 Å². The molecule has 1 amide bonds. The van der Waals surface area contributed by atoms with E-state index in [4.69, 9.17) is 0 Å². The molecule has 2 rings (SSSR count). The van der Waals surface area contributed by atoms with Gasteiger partial charge in [0.25, 0.3) is 11.9 Å². The minimum Gasteiger partial charge on any atom is -0.288 e. The SMILES string of the molecule is CN(C)S(=O)(=O)c1ccc(C(=O)Nc2nn[nH]n2)cc1. The number of aromatic amines is 1. The maximum atomic E-state index is 11.9. The molecule has 2 N–H and O–H groups in total. The molecule has 0 saturated carbocycles. The van der Waals surface area contributed by atoms with E-state index in [1.54, 1.807) is 0 Å². The first-order valence-electron chi connectivity index (χ1n) is 5.48. The van der Waals surface area contributed by atoms with Gasteiger partial charge in [0.2, 0.25) is 10.0 Å². The van der Waals surface area contributed by atoms with Crippen LogP contribution in [0.2, 0.25) is 0 Å². The average molecular weight is 296 g/mol. The third kappa shape index (κ3) is 2.81. The Bertz CT molecular complexity index is 693. The van der Waals surface area contributed by atoms with E-state index in [0.29, 0.717) is 0 Å². The van der Waals surface area contributed by atoms with Crippen LogP contribution in [0.5, 0.6) is 0 Å². The molecule has 0 aliphatic heterocycles.